The second kappa shape index (κ2) is 1.93. The van der Waals surface area contributed by atoms with Crippen molar-refractivity contribution >= 4 is 5.78 Å². The lowest BCUT2D eigenvalue weighted by Gasteiger charge is -2.31. The van der Waals surface area contributed by atoms with Crippen LogP contribution in [0.15, 0.2) is 12.3 Å². The fourth-order valence-corrected chi connectivity index (χ4v) is 2.83. The number of hydrogen-bond donors (Lipinski definition) is 0. The van der Waals surface area contributed by atoms with Crippen LogP contribution in [0.1, 0.15) is 25.7 Å². The molecule has 0 bridgehead atoms. The van der Waals surface area contributed by atoms with Gasteiger partial charge in [0.2, 0.25) is 0 Å². The van der Waals surface area contributed by atoms with Gasteiger partial charge in [0.15, 0.2) is 5.78 Å². The number of carbonyl (C=O) groups is 1. The average molecular weight is 164 g/mol. The first-order valence-electron chi connectivity index (χ1n) is 4.67. The molecular formula is C10H12O2. The molecule has 0 aromatic heterocycles. The van der Waals surface area contributed by atoms with E-state index >= 15 is 0 Å². The maximum absolute atomic E-state index is 11.2. The van der Waals surface area contributed by atoms with Gasteiger partial charge in [0.25, 0.3) is 0 Å². The number of allylic oxidation sites excluding steroid dienone is 1. The third kappa shape index (κ3) is 0.728. The molecule has 12 heavy (non-hydrogen) atoms. The summed E-state index contributed by atoms with van der Waals surface area (Å²) >= 11 is 0. The summed E-state index contributed by atoms with van der Waals surface area (Å²) in [4.78, 5) is 11.2. The molecule has 0 amide bonds. The van der Waals surface area contributed by atoms with Gasteiger partial charge >= 0.3 is 0 Å². The van der Waals surface area contributed by atoms with E-state index in [2.05, 4.69) is 0 Å². The summed E-state index contributed by atoms with van der Waals surface area (Å²) in [7, 11) is 0. The molecule has 0 saturated heterocycles. The highest BCUT2D eigenvalue weighted by atomic mass is 16.5. The molecule has 3 unspecified atom stereocenters. The maximum atomic E-state index is 11.2. The molecule has 64 valence electrons. The van der Waals surface area contributed by atoms with Crippen LogP contribution in [0.2, 0.25) is 0 Å². The topological polar surface area (TPSA) is 26.3 Å². The third-order valence-electron chi connectivity index (χ3n) is 3.57. The summed E-state index contributed by atoms with van der Waals surface area (Å²) in [6.45, 7) is 0. The van der Waals surface area contributed by atoms with Crippen molar-refractivity contribution in [1.82, 2.24) is 0 Å². The van der Waals surface area contributed by atoms with Crippen LogP contribution in [0.4, 0.5) is 0 Å². The van der Waals surface area contributed by atoms with Gasteiger partial charge in [-0.1, -0.05) is 0 Å². The molecule has 0 N–H and O–H groups in total. The van der Waals surface area contributed by atoms with E-state index in [1.54, 1.807) is 12.3 Å². The fraction of sp³-hybridized carbons (Fsp3) is 0.700. The minimum Gasteiger partial charge on any atom is -0.494 e. The van der Waals surface area contributed by atoms with E-state index < -0.39 is 0 Å². The number of ether oxygens (including phenoxy) is 1. The van der Waals surface area contributed by atoms with Gasteiger partial charge in [-0.05, 0) is 25.2 Å². The van der Waals surface area contributed by atoms with Gasteiger partial charge in [0, 0.05) is 12.0 Å². The summed E-state index contributed by atoms with van der Waals surface area (Å²) < 4.78 is 5.65. The zero-order valence-corrected chi connectivity index (χ0v) is 6.95. The van der Waals surface area contributed by atoms with Crippen molar-refractivity contribution in [3.63, 3.8) is 0 Å². The van der Waals surface area contributed by atoms with Gasteiger partial charge in [-0.3, -0.25) is 4.79 Å². The van der Waals surface area contributed by atoms with Crippen LogP contribution >= 0.6 is 0 Å². The molecule has 2 heteroatoms. The lowest BCUT2D eigenvalue weighted by molar-refractivity contribution is -0.123. The number of carbonyl (C=O) groups excluding carboxylic acids is 1. The second-order valence-electron chi connectivity index (χ2n) is 4.27. The first-order chi connectivity index (χ1) is 5.80. The number of ketones is 1. The molecule has 0 aromatic carbocycles. The van der Waals surface area contributed by atoms with Gasteiger partial charge in [0.05, 0.1) is 12.7 Å². The molecule has 1 heterocycles. The van der Waals surface area contributed by atoms with Gasteiger partial charge in [0.1, 0.15) is 5.60 Å². The van der Waals surface area contributed by atoms with E-state index in [4.69, 9.17) is 4.74 Å². The molecule has 3 aliphatic rings. The Bertz CT molecular complexity index is 269. The van der Waals surface area contributed by atoms with E-state index in [1.165, 1.54) is 12.8 Å². The van der Waals surface area contributed by atoms with E-state index in [0.29, 0.717) is 12.3 Å². The summed E-state index contributed by atoms with van der Waals surface area (Å²) in [5.41, 5.74) is -0.0590. The lowest BCUT2D eigenvalue weighted by Crippen LogP contribution is -2.35. The first-order valence-corrected chi connectivity index (χ1v) is 4.67. The maximum Gasteiger partial charge on any atom is 0.162 e. The molecular weight excluding hydrogens is 152 g/mol. The van der Waals surface area contributed by atoms with Crippen LogP contribution in [-0.2, 0) is 9.53 Å². The smallest absolute Gasteiger partial charge is 0.162 e. The molecule has 0 aromatic rings. The van der Waals surface area contributed by atoms with Crippen LogP contribution in [-0.4, -0.2) is 11.4 Å². The molecule has 3 rings (SSSR count). The van der Waals surface area contributed by atoms with E-state index in [-0.39, 0.29) is 11.4 Å². The van der Waals surface area contributed by atoms with Crippen LogP contribution in [0.5, 0.6) is 0 Å². The minimum atomic E-state index is -0.0590. The Morgan fingerprint density at radius 2 is 2.50 bits per heavy atom. The largest absolute Gasteiger partial charge is 0.494 e. The monoisotopic (exact) mass is 164 g/mol. The summed E-state index contributed by atoms with van der Waals surface area (Å²) in [5.74, 6) is 1.82. The highest BCUT2D eigenvalue weighted by molar-refractivity contribution is 5.91. The molecule has 1 spiro atoms. The summed E-state index contributed by atoms with van der Waals surface area (Å²) in [6.07, 6.45) is 7.45. The normalized spacial score (nSPS) is 49.2. The minimum absolute atomic E-state index is 0.0590. The van der Waals surface area contributed by atoms with Crippen molar-refractivity contribution in [2.45, 2.75) is 31.3 Å². The Labute approximate surface area is 71.6 Å². The van der Waals surface area contributed by atoms with Gasteiger partial charge in [-0.15, -0.1) is 0 Å². The quantitative estimate of drug-likeness (QED) is 0.544. The third-order valence-corrected chi connectivity index (χ3v) is 3.57. The van der Waals surface area contributed by atoms with Crippen LogP contribution in [0.3, 0.4) is 0 Å². The predicted molar refractivity (Wildman–Crippen MR) is 43.4 cm³/mol. The van der Waals surface area contributed by atoms with Crippen molar-refractivity contribution < 1.29 is 9.53 Å². The standard InChI is InChI=1S/C10H12O2/c11-8-2-4-12-10(6-8)3-1-7-5-9(7)10/h2,4,7,9H,1,3,5-6H2. The van der Waals surface area contributed by atoms with Crippen LogP contribution in [0, 0.1) is 11.8 Å². The van der Waals surface area contributed by atoms with Gasteiger partial charge in [-0.2, -0.15) is 0 Å². The average Bonchev–Trinajstić information content (AvgIpc) is 2.75. The highest BCUT2D eigenvalue weighted by Gasteiger charge is 2.60. The van der Waals surface area contributed by atoms with Crippen molar-refractivity contribution in [3.8, 4) is 0 Å². The molecule has 3 atom stereocenters. The van der Waals surface area contributed by atoms with Crippen molar-refractivity contribution in [1.29, 1.82) is 0 Å². The van der Waals surface area contributed by atoms with E-state index in [9.17, 15) is 4.79 Å². The lowest BCUT2D eigenvalue weighted by atomic mass is 9.90. The Morgan fingerprint density at radius 3 is 3.08 bits per heavy atom. The predicted octanol–water partition coefficient (Wildman–Crippen LogP) is 1.66. The molecule has 2 saturated carbocycles. The summed E-state index contributed by atoms with van der Waals surface area (Å²) in [6, 6.07) is 0. The van der Waals surface area contributed by atoms with Gasteiger partial charge < -0.3 is 4.74 Å². The fourth-order valence-electron chi connectivity index (χ4n) is 2.83. The molecule has 2 fully saturated rings. The zero-order chi connectivity index (χ0) is 8.18. The summed E-state index contributed by atoms with van der Waals surface area (Å²) in [5, 5.41) is 0. The van der Waals surface area contributed by atoms with Crippen molar-refractivity contribution in [3.05, 3.63) is 12.3 Å². The number of hydrogen-bond acceptors (Lipinski definition) is 2. The van der Waals surface area contributed by atoms with Crippen molar-refractivity contribution in [2.24, 2.45) is 11.8 Å². The van der Waals surface area contributed by atoms with Crippen LogP contribution < -0.4 is 0 Å². The Balaban J connectivity index is 1.91. The zero-order valence-electron chi connectivity index (χ0n) is 6.95. The molecule has 0 radical (unpaired) electrons. The Kier molecular flexibility index (Phi) is 1.07. The van der Waals surface area contributed by atoms with Gasteiger partial charge in [-0.25, -0.2) is 0 Å². The van der Waals surface area contributed by atoms with E-state index in [0.717, 1.165) is 12.3 Å². The highest BCUT2D eigenvalue weighted by Crippen LogP contribution is 2.60. The molecule has 2 nitrogen and oxygen atoms in total. The number of rotatable bonds is 0. The second-order valence-corrected chi connectivity index (χ2v) is 4.27. The first kappa shape index (κ1) is 6.70. The Hall–Kier alpha value is -0.790. The SMILES string of the molecule is O=C1C=COC2(CCC3CC32)C1. The Morgan fingerprint density at radius 1 is 1.58 bits per heavy atom. The van der Waals surface area contributed by atoms with Crippen LogP contribution in [0.25, 0.3) is 0 Å². The van der Waals surface area contributed by atoms with Crippen molar-refractivity contribution in [2.75, 3.05) is 0 Å². The molecule has 1 aliphatic heterocycles. The molecule has 2 aliphatic carbocycles. The number of fused-ring (bicyclic) bond motifs is 2. The van der Waals surface area contributed by atoms with E-state index in [1.807, 2.05) is 0 Å².